The SMILES string of the molecule is Cc1ccc(NCc2ccc(N3CCOCC3)cc2)cc1. The van der Waals surface area contributed by atoms with E-state index in [1.54, 1.807) is 0 Å². The molecule has 0 atom stereocenters. The predicted octanol–water partition coefficient (Wildman–Crippen LogP) is 3.44. The highest BCUT2D eigenvalue weighted by Gasteiger charge is 2.10. The fourth-order valence-electron chi connectivity index (χ4n) is 2.52. The van der Waals surface area contributed by atoms with Gasteiger partial charge in [-0.1, -0.05) is 29.8 Å². The average Bonchev–Trinajstić information content (AvgIpc) is 2.56. The van der Waals surface area contributed by atoms with Crippen LogP contribution in [-0.4, -0.2) is 26.3 Å². The second kappa shape index (κ2) is 6.64. The van der Waals surface area contributed by atoms with E-state index in [0.717, 1.165) is 38.5 Å². The minimum atomic E-state index is 0.830. The summed E-state index contributed by atoms with van der Waals surface area (Å²) in [5.74, 6) is 0. The van der Waals surface area contributed by atoms with Gasteiger partial charge >= 0.3 is 0 Å². The molecule has 3 heteroatoms. The van der Waals surface area contributed by atoms with Gasteiger partial charge in [0.15, 0.2) is 0 Å². The molecule has 0 unspecified atom stereocenters. The van der Waals surface area contributed by atoms with Crippen LogP contribution in [0.15, 0.2) is 48.5 Å². The Balaban J connectivity index is 1.57. The summed E-state index contributed by atoms with van der Waals surface area (Å²) >= 11 is 0. The van der Waals surface area contributed by atoms with Gasteiger partial charge in [0, 0.05) is 31.0 Å². The van der Waals surface area contributed by atoms with Crippen molar-refractivity contribution in [2.24, 2.45) is 0 Å². The first-order valence-corrected chi connectivity index (χ1v) is 7.53. The topological polar surface area (TPSA) is 24.5 Å². The van der Waals surface area contributed by atoms with Crippen molar-refractivity contribution in [3.05, 3.63) is 59.7 Å². The van der Waals surface area contributed by atoms with E-state index in [9.17, 15) is 0 Å². The van der Waals surface area contributed by atoms with Gasteiger partial charge in [0.25, 0.3) is 0 Å². The van der Waals surface area contributed by atoms with Crippen LogP contribution in [0.5, 0.6) is 0 Å². The molecule has 0 spiro atoms. The summed E-state index contributed by atoms with van der Waals surface area (Å²) in [6.45, 7) is 6.59. The molecular weight excluding hydrogens is 260 g/mol. The molecule has 1 fully saturated rings. The molecule has 1 saturated heterocycles. The Kier molecular flexibility index (Phi) is 4.41. The second-order valence-corrected chi connectivity index (χ2v) is 5.49. The number of anilines is 2. The fourth-order valence-corrected chi connectivity index (χ4v) is 2.52. The average molecular weight is 282 g/mol. The van der Waals surface area contributed by atoms with Gasteiger partial charge < -0.3 is 15.0 Å². The van der Waals surface area contributed by atoms with Crippen LogP contribution in [0.1, 0.15) is 11.1 Å². The normalized spacial score (nSPS) is 15.0. The maximum absolute atomic E-state index is 5.39. The van der Waals surface area contributed by atoms with Gasteiger partial charge in [-0.25, -0.2) is 0 Å². The van der Waals surface area contributed by atoms with Crippen LogP contribution in [-0.2, 0) is 11.3 Å². The van der Waals surface area contributed by atoms with Gasteiger partial charge in [0.05, 0.1) is 13.2 Å². The summed E-state index contributed by atoms with van der Waals surface area (Å²) in [6, 6.07) is 17.3. The van der Waals surface area contributed by atoms with Crippen LogP contribution >= 0.6 is 0 Å². The molecule has 110 valence electrons. The minimum Gasteiger partial charge on any atom is -0.381 e. The van der Waals surface area contributed by atoms with E-state index in [1.165, 1.54) is 16.8 Å². The molecule has 2 aromatic rings. The third-order valence-electron chi connectivity index (χ3n) is 3.86. The van der Waals surface area contributed by atoms with Crippen molar-refractivity contribution < 1.29 is 4.74 Å². The molecule has 0 amide bonds. The zero-order valence-electron chi connectivity index (χ0n) is 12.5. The molecule has 1 aliphatic rings. The van der Waals surface area contributed by atoms with Crippen molar-refractivity contribution in [3.63, 3.8) is 0 Å². The summed E-state index contributed by atoms with van der Waals surface area (Å²) in [6.07, 6.45) is 0. The van der Waals surface area contributed by atoms with Crippen molar-refractivity contribution in [2.45, 2.75) is 13.5 Å². The lowest BCUT2D eigenvalue weighted by Crippen LogP contribution is -2.36. The zero-order chi connectivity index (χ0) is 14.5. The van der Waals surface area contributed by atoms with Crippen LogP contribution in [0.2, 0.25) is 0 Å². The molecule has 0 saturated carbocycles. The van der Waals surface area contributed by atoms with E-state index in [2.05, 4.69) is 65.7 Å². The Bertz CT molecular complexity index is 557. The van der Waals surface area contributed by atoms with Gasteiger partial charge in [-0.05, 0) is 36.8 Å². The Morgan fingerprint density at radius 1 is 0.952 bits per heavy atom. The van der Waals surface area contributed by atoms with Crippen molar-refractivity contribution in [3.8, 4) is 0 Å². The van der Waals surface area contributed by atoms with Crippen LogP contribution in [0.3, 0.4) is 0 Å². The number of aryl methyl sites for hydroxylation is 1. The molecule has 0 bridgehead atoms. The molecular formula is C18H22N2O. The standard InChI is InChI=1S/C18H22N2O/c1-15-2-6-17(7-3-15)19-14-16-4-8-18(9-5-16)20-10-12-21-13-11-20/h2-9,19H,10-14H2,1H3. The van der Waals surface area contributed by atoms with E-state index < -0.39 is 0 Å². The highest BCUT2D eigenvalue weighted by Crippen LogP contribution is 2.17. The summed E-state index contributed by atoms with van der Waals surface area (Å²) in [7, 11) is 0. The summed E-state index contributed by atoms with van der Waals surface area (Å²) < 4.78 is 5.39. The Morgan fingerprint density at radius 2 is 1.62 bits per heavy atom. The van der Waals surface area contributed by atoms with Crippen molar-refractivity contribution in [1.29, 1.82) is 0 Å². The molecule has 3 rings (SSSR count). The molecule has 0 radical (unpaired) electrons. The van der Waals surface area contributed by atoms with E-state index in [4.69, 9.17) is 4.74 Å². The summed E-state index contributed by atoms with van der Waals surface area (Å²) in [5.41, 5.74) is 5.04. The van der Waals surface area contributed by atoms with E-state index in [-0.39, 0.29) is 0 Å². The number of morpholine rings is 1. The second-order valence-electron chi connectivity index (χ2n) is 5.49. The lowest BCUT2D eigenvalue weighted by molar-refractivity contribution is 0.122. The molecule has 2 aromatic carbocycles. The Morgan fingerprint density at radius 3 is 2.29 bits per heavy atom. The third kappa shape index (κ3) is 3.76. The molecule has 1 heterocycles. The van der Waals surface area contributed by atoms with Crippen LogP contribution < -0.4 is 10.2 Å². The van der Waals surface area contributed by atoms with Gasteiger partial charge in [0.2, 0.25) is 0 Å². The lowest BCUT2D eigenvalue weighted by Gasteiger charge is -2.28. The molecule has 3 nitrogen and oxygen atoms in total. The van der Waals surface area contributed by atoms with Crippen molar-refractivity contribution in [2.75, 3.05) is 36.5 Å². The highest BCUT2D eigenvalue weighted by molar-refractivity contribution is 5.49. The van der Waals surface area contributed by atoms with Crippen LogP contribution in [0.4, 0.5) is 11.4 Å². The number of benzene rings is 2. The molecule has 0 aromatic heterocycles. The van der Waals surface area contributed by atoms with E-state index in [0.29, 0.717) is 0 Å². The number of rotatable bonds is 4. The monoisotopic (exact) mass is 282 g/mol. The Hall–Kier alpha value is -2.00. The summed E-state index contributed by atoms with van der Waals surface area (Å²) in [4.78, 5) is 2.38. The van der Waals surface area contributed by atoms with Gasteiger partial charge in [-0.3, -0.25) is 0 Å². The number of hydrogen-bond acceptors (Lipinski definition) is 3. The first kappa shape index (κ1) is 14.0. The quantitative estimate of drug-likeness (QED) is 0.929. The highest BCUT2D eigenvalue weighted by atomic mass is 16.5. The lowest BCUT2D eigenvalue weighted by atomic mass is 10.1. The maximum atomic E-state index is 5.39. The van der Waals surface area contributed by atoms with Gasteiger partial charge in [-0.2, -0.15) is 0 Å². The zero-order valence-corrected chi connectivity index (χ0v) is 12.5. The molecule has 21 heavy (non-hydrogen) atoms. The smallest absolute Gasteiger partial charge is 0.0642 e. The fraction of sp³-hybridized carbons (Fsp3) is 0.333. The minimum absolute atomic E-state index is 0.830. The van der Waals surface area contributed by atoms with E-state index >= 15 is 0 Å². The molecule has 1 aliphatic heterocycles. The third-order valence-corrected chi connectivity index (χ3v) is 3.86. The largest absolute Gasteiger partial charge is 0.381 e. The number of ether oxygens (including phenoxy) is 1. The van der Waals surface area contributed by atoms with Crippen LogP contribution in [0, 0.1) is 6.92 Å². The molecule has 0 aliphatic carbocycles. The first-order chi connectivity index (χ1) is 10.3. The summed E-state index contributed by atoms with van der Waals surface area (Å²) in [5, 5.41) is 3.45. The number of hydrogen-bond donors (Lipinski definition) is 1. The molecule has 1 N–H and O–H groups in total. The first-order valence-electron chi connectivity index (χ1n) is 7.53. The number of nitrogens with zero attached hydrogens (tertiary/aromatic N) is 1. The van der Waals surface area contributed by atoms with Crippen molar-refractivity contribution >= 4 is 11.4 Å². The Labute approximate surface area is 126 Å². The predicted molar refractivity (Wildman–Crippen MR) is 88.0 cm³/mol. The van der Waals surface area contributed by atoms with Crippen molar-refractivity contribution in [1.82, 2.24) is 0 Å². The van der Waals surface area contributed by atoms with Crippen LogP contribution in [0.25, 0.3) is 0 Å². The van der Waals surface area contributed by atoms with Gasteiger partial charge in [0.1, 0.15) is 0 Å². The van der Waals surface area contributed by atoms with E-state index in [1.807, 2.05) is 0 Å². The van der Waals surface area contributed by atoms with Gasteiger partial charge in [-0.15, -0.1) is 0 Å². The number of nitrogens with one attached hydrogen (secondary N) is 1. The maximum Gasteiger partial charge on any atom is 0.0642 e.